The van der Waals surface area contributed by atoms with Crippen molar-refractivity contribution in [3.63, 3.8) is 0 Å². The Bertz CT molecular complexity index is 989. The molecule has 26 heavy (non-hydrogen) atoms. The van der Waals surface area contributed by atoms with Crippen LogP contribution in [0.5, 0.6) is 0 Å². The highest BCUT2D eigenvalue weighted by Crippen LogP contribution is 2.28. The van der Waals surface area contributed by atoms with Gasteiger partial charge in [-0.05, 0) is 31.0 Å². The summed E-state index contributed by atoms with van der Waals surface area (Å²) < 4.78 is 3.20. The molecule has 0 atom stereocenters. The highest BCUT2D eigenvalue weighted by atomic mass is 79.9. The van der Waals surface area contributed by atoms with Crippen LogP contribution in [0, 0.1) is 0 Å². The highest BCUT2D eigenvalue weighted by Gasteiger charge is 2.25. The fourth-order valence-electron chi connectivity index (χ4n) is 3.34. The van der Waals surface area contributed by atoms with E-state index in [1.165, 1.54) is 12.8 Å². The maximum absolute atomic E-state index is 4.89. The molecule has 0 unspecified atom stereocenters. The summed E-state index contributed by atoms with van der Waals surface area (Å²) in [4.78, 5) is 4.89. The average Bonchev–Trinajstić information content (AvgIpc) is 3.44. The van der Waals surface area contributed by atoms with E-state index in [1.54, 1.807) is 0 Å². The molecule has 0 amide bonds. The summed E-state index contributed by atoms with van der Waals surface area (Å²) >= 11 is 3.62. The summed E-state index contributed by atoms with van der Waals surface area (Å²) in [6.07, 6.45) is 2.51. The van der Waals surface area contributed by atoms with Crippen LogP contribution in [0.15, 0.2) is 58.0 Å². The van der Waals surface area contributed by atoms with Crippen LogP contribution in [0.3, 0.4) is 0 Å². The second kappa shape index (κ2) is 6.45. The fraction of sp³-hybridized carbons (Fsp3) is 0.250. The van der Waals surface area contributed by atoms with Gasteiger partial charge in [0, 0.05) is 21.6 Å². The molecule has 130 valence electrons. The number of rotatable bonds is 4. The molecule has 1 N–H and O–H groups in total. The van der Waals surface area contributed by atoms with E-state index in [2.05, 4.69) is 66.3 Å². The van der Waals surface area contributed by atoms with Crippen molar-refractivity contribution < 1.29 is 0 Å². The Morgan fingerprint density at radius 3 is 2.73 bits per heavy atom. The van der Waals surface area contributed by atoms with Crippen LogP contribution in [-0.2, 0) is 13.1 Å². The first-order valence-corrected chi connectivity index (χ1v) is 9.65. The van der Waals surface area contributed by atoms with Crippen molar-refractivity contribution in [2.24, 2.45) is 4.99 Å². The minimum Gasteiger partial charge on any atom is -0.307 e. The van der Waals surface area contributed by atoms with Gasteiger partial charge in [0.1, 0.15) is 6.54 Å². The Balaban J connectivity index is 1.64. The molecule has 2 aliphatic rings. The summed E-state index contributed by atoms with van der Waals surface area (Å²) in [5.41, 5.74) is 4.29. The van der Waals surface area contributed by atoms with Gasteiger partial charge in [0.05, 0.1) is 17.9 Å². The lowest BCUT2D eigenvalue weighted by molar-refractivity contribution is 0.645. The number of halogens is 1. The maximum atomic E-state index is 4.89. The van der Waals surface area contributed by atoms with Gasteiger partial charge in [-0.25, -0.2) is 0 Å². The topological polar surface area (TPSA) is 55.1 Å². The monoisotopic (exact) mass is 407 g/mol. The number of hydrogen-bond acceptors (Lipinski definition) is 4. The zero-order valence-electron chi connectivity index (χ0n) is 14.2. The largest absolute Gasteiger partial charge is 0.307 e. The van der Waals surface area contributed by atoms with Crippen LogP contribution >= 0.6 is 15.9 Å². The van der Waals surface area contributed by atoms with Gasteiger partial charge in [-0.2, -0.15) is 0 Å². The number of nitrogens with zero attached hydrogens (tertiary/aromatic N) is 4. The number of fused-ring (bicyclic) bond motifs is 3. The molecule has 1 aliphatic heterocycles. The lowest BCUT2D eigenvalue weighted by Crippen LogP contribution is -2.19. The van der Waals surface area contributed by atoms with Gasteiger partial charge in [-0.3, -0.25) is 9.56 Å². The second-order valence-corrected chi connectivity index (χ2v) is 7.63. The molecule has 5 rings (SSSR count). The van der Waals surface area contributed by atoms with Crippen molar-refractivity contribution in [3.8, 4) is 5.69 Å². The first-order chi connectivity index (χ1) is 12.8. The van der Waals surface area contributed by atoms with Gasteiger partial charge >= 0.3 is 0 Å². The van der Waals surface area contributed by atoms with E-state index in [9.17, 15) is 0 Å². The lowest BCUT2D eigenvalue weighted by atomic mass is 10.0. The first-order valence-electron chi connectivity index (χ1n) is 8.86. The van der Waals surface area contributed by atoms with Crippen molar-refractivity contribution >= 4 is 21.6 Å². The summed E-state index contributed by atoms with van der Waals surface area (Å²) in [5.74, 6) is 1.83. The molecular weight excluding hydrogens is 390 g/mol. The van der Waals surface area contributed by atoms with Crippen LogP contribution in [0.1, 0.15) is 35.6 Å². The van der Waals surface area contributed by atoms with Crippen molar-refractivity contribution in [2.75, 3.05) is 0 Å². The molecule has 2 aromatic carbocycles. The molecule has 0 saturated heterocycles. The number of hydrogen-bond donors (Lipinski definition) is 1. The number of aliphatic imine (C=N–C) groups is 1. The fourth-order valence-corrected chi connectivity index (χ4v) is 3.70. The van der Waals surface area contributed by atoms with Crippen LogP contribution in [0.25, 0.3) is 5.69 Å². The molecule has 0 spiro atoms. The molecule has 0 bridgehead atoms. The van der Waals surface area contributed by atoms with Crippen molar-refractivity contribution in [3.05, 3.63) is 75.8 Å². The van der Waals surface area contributed by atoms with Crippen LogP contribution < -0.4 is 5.32 Å². The van der Waals surface area contributed by atoms with E-state index >= 15 is 0 Å². The van der Waals surface area contributed by atoms with Crippen LogP contribution in [0.2, 0.25) is 0 Å². The van der Waals surface area contributed by atoms with E-state index in [4.69, 9.17) is 4.99 Å². The summed E-state index contributed by atoms with van der Waals surface area (Å²) in [7, 11) is 0. The molecule has 1 saturated carbocycles. The SMILES string of the molecule is Brc1ccc2c(c1)C(c1ccccc1)=NCc1nnc(CNC3CC3)n1-2. The van der Waals surface area contributed by atoms with Gasteiger partial charge < -0.3 is 5.32 Å². The van der Waals surface area contributed by atoms with Gasteiger partial charge in [-0.15, -0.1) is 10.2 Å². The molecule has 6 heteroatoms. The third-order valence-electron chi connectivity index (χ3n) is 4.80. The maximum Gasteiger partial charge on any atom is 0.159 e. The molecule has 1 aliphatic carbocycles. The van der Waals surface area contributed by atoms with E-state index in [1.807, 2.05) is 18.2 Å². The number of nitrogens with one attached hydrogen (secondary N) is 1. The Kier molecular flexibility index (Phi) is 3.94. The van der Waals surface area contributed by atoms with Crippen molar-refractivity contribution in [2.45, 2.75) is 32.0 Å². The molecule has 1 aromatic heterocycles. The zero-order chi connectivity index (χ0) is 17.5. The molecule has 3 aromatic rings. The molecular formula is C20H18BrN5. The zero-order valence-corrected chi connectivity index (χ0v) is 15.8. The standard InChI is InChI=1S/C20H18BrN5/c21-14-6-9-17-16(10-14)20(13-4-2-1-3-5-13)23-12-19-25-24-18(26(17)19)11-22-15-7-8-15/h1-6,9-10,15,22H,7-8,11-12H2. The first kappa shape index (κ1) is 15.9. The number of benzene rings is 2. The van der Waals surface area contributed by atoms with E-state index in [0.717, 1.165) is 45.2 Å². The van der Waals surface area contributed by atoms with E-state index < -0.39 is 0 Å². The Morgan fingerprint density at radius 1 is 1.08 bits per heavy atom. The Morgan fingerprint density at radius 2 is 1.92 bits per heavy atom. The van der Waals surface area contributed by atoms with Crippen LogP contribution in [0.4, 0.5) is 0 Å². The predicted octanol–water partition coefficient (Wildman–Crippen LogP) is 3.63. The quantitative estimate of drug-likeness (QED) is 0.718. The molecule has 5 nitrogen and oxygen atoms in total. The summed E-state index contributed by atoms with van der Waals surface area (Å²) in [5, 5.41) is 12.4. The minimum atomic E-state index is 0.521. The van der Waals surface area contributed by atoms with E-state index in [0.29, 0.717) is 12.6 Å². The van der Waals surface area contributed by atoms with E-state index in [-0.39, 0.29) is 0 Å². The van der Waals surface area contributed by atoms with Gasteiger partial charge in [0.25, 0.3) is 0 Å². The average molecular weight is 408 g/mol. The minimum absolute atomic E-state index is 0.521. The highest BCUT2D eigenvalue weighted by molar-refractivity contribution is 9.10. The van der Waals surface area contributed by atoms with Crippen molar-refractivity contribution in [1.82, 2.24) is 20.1 Å². The lowest BCUT2D eigenvalue weighted by Gasteiger charge is -2.14. The molecule has 1 fully saturated rings. The van der Waals surface area contributed by atoms with Gasteiger partial charge in [-0.1, -0.05) is 46.3 Å². The predicted molar refractivity (Wildman–Crippen MR) is 105 cm³/mol. The third-order valence-corrected chi connectivity index (χ3v) is 5.30. The summed E-state index contributed by atoms with van der Waals surface area (Å²) in [6.45, 7) is 1.25. The van der Waals surface area contributed by atoms with Gasteiger partial charge in [0.2, 0.25) is 0 Å². The van der Waals surface area contributed by atoms with Crippen molar-refractivity contribution in [1.29, 1.82) is 0 Å². The number of aromatic nitrogens is 3. The Hall–Kier alpha value is -2.31. The molecule has 0 radical (unpaired) electrons. The van der Waals surface area contributed by atoms with Gasteiger partial charge in [0.15, 0.2) is 11.6 Å². The third kappa shape index (κ3) is 2.89. The Labute approximate surface area is 160 Å². The molecule has 2 heterocycles. The second-order valence-electron chi connectivity index (χ2n) is 6.72. The van der Waals surface area contributed by atoms with Crippen LogP contribution in [-0.4, -0.2) is 26.5 Å². The normalized spacial score (nSPS) is 15.8. The smallest absolute Gasteiger partial charge is 0.159 e. The summed E-state index contributed by atoms with van der Waals surface area (Å²) in [6, 6.07) is 17.3.